The van der Waals surface area contributed by atoms with Gasteiger partial charge in [0.25, 0.3) is 0 Å². The van der Waals surface area contributed by atoms with E-state index in [0.29, 0.717) is 11.3 Å². The van der Waals surface area contributed by atoms with Gasteiger partial charge in [0.05, 0.1) is 12.7 Å². The van der Waals surface area contributed by atoms with Crippen molar-refractivity contribution >= 4 is 0 Å². The molecule has 84 valence electrons. The molecule has 1 nitrogen and oxygen atoms in total. The number of alkyl halides is 3. The minimum absolute atomic E-state index is 0.197. The molecule has 0 aromatic heterocycles. The lowest BCUT2D eigenvalue weighted by atomic mass is 9.97. The summed E-state index contributed by atoms with van der Waals surface area (Å²) in [5, 5.41) is 0. The second kappa shape index (κ2) is 3.76. The molecule has 0 N–H and O–H groups in total. The summed E-state index contributed by atoms with van der Waals surface area (Å²) in [4.78, 5) is 0. The molecule has 0 saturated carbocycles. The van der Waals surface area contributed by atoms with Crippen LogP contribution in [0.25, 0.3) is 0 Å². The predicted octanol–water partition coefficient (Wildman–Crippen LogP) is 3.64. The van der Waals surface area contributed by atoms with Crippen LogP contribution in [-0.4, -0.2) is 7.11 Å². The number of methoxy groups -OCH3 is 1. The molecule has 0 aliphatic heterocycles. The first kappa shape index (κ1) is 11.9. The van der Waals surface area contributed by atoms with Crippen molar-refractivity contribution in [2.24, 2.45) is 0 Å². The van der Waals surface area contributed by atoms with Gasteiger partial charge in [-0.2, -0.15) is 13.2 Å². The Bertz CT molecular complexity index is 380. The summed E-state index contributed by atoms with van der Waals surface area (Å²) in [6.07, 6.45) is -4.30. The molecule has 1 rings (SSSR count). The minimum atomic E-state index is -4.30. The molecule has 0 aliphatic rings. The van der Waals surface area contributed by atoms with Crippen molar-refractivity contribution in [2.75, 3.05) is 7.11 Å². The second-order valence-electron chi connectivity index (χ2n) is 3.52. The first-order chi connectivity index (χ1) is 6.79. The molecule has 0 fully saturated rings. The summed E-state index contributed by atoms with van der Waals surface area (Å²) in [5.41, 5.74) is 0.415. The van der Waals surface area contributed by atoms with E-state index >= 15 is 0 Å². The van der Waals surface area contributed by atoms with Gasteiger partial charge in [-0.3, -0.25) is 0 Å². The van der Waals surface area contributed by atoms with Gasteiger partial charge >= 0.3 is 6.18 Å². The van der Waals surface area contributed by atoms with E-state index in [4.69, 9.17) is 4.74 Å². The molecule has 4 heteroatoms. The van der Waals surface area contributed by atoms with Gasteiger partial charge < -0.3 is 4.74 Å². The van der Waals surface area contributed by atoms with Gasteiger partial charge in [0.2, 0.25) is 0 Å². The van der Waals surface area contributed by atoms with Crippen molar-refractivity contribution < 1.29 is 17.9 Å². The first-order valence-electron chi connectivity index (χ1n) is 4.51. The van der Waals surface area contributed by atoms with Gasteiger partial charge in [-0.15, -0.1) is 0 Å². The Hall–Kier alpha value is -1.19. The van der Waals surface area contributed by atoms with E-state index in [9.17, 15) is 13.2 Å². The van der Waals surface area contributed by atoms with E-state index in [1.165, 1.54) is 27.0 Å². The quantitative estimate of drug-likeness (QED) is 0.699. The summed E-state index contributed by atoms with van der Waals surface area (Å²) in [6.45, 7) is 4.54. The lowest BCUT2D eigenvalue weighted by Gasteiger charge is -2.17. The third-order valence-corrected chi connectivity index (χ3v) is 2.55. The lowest BCUT2D eigenvalue weighted by molar-refractivity contribution is -0.138. The maximum absolute atomic E-state index is 12.7. The topological polar surface area (TPSA) is 9.23 Å². The highest BCUT2D eigenvalue weighted by molar-refractivity contribution is 5.49. The van der Waals surface area contributed by atoms with Crippen LogP contribution in [0.3, 0.4) is 0 Å². The molecule has 0 bridgehead atoms. The van der Waals surface area contributed by atoms with Crippen molar-refractivity contribution in [3.8, 4) is 5.75 Å². The Morgan fingerprint density at radius 3 is 2.00 bits per heavy atom. The van der Waals surface area contributed by atoms with Crippen molar-refractivity contribution in [3.63, 3.8) is 0 Å². The van der Waals surface area contributed by atoms with Gasteiger partial charge in [-0.25, -0.2) is 0 Å². The molecule has 0 atom stereocenters. The van der Waals surface area contributed by atoms with Gasteiger partial charge in [0, 0.05) is 0 Å². The molecule has 0 amide bonds. The van der Waals surface area contributed by atoms with E-state index < -0.39 is 11.7 Å². The number of benzene rings is 1. The van der Waals surface area contributed by atoms with E-state index in [0.717, 1.165) is 0 Å². The fraction of sp³-hybridized carbons (Fsp3) is 0.455. The molecule has 0 radical (unpaired) electrons. The average Bonchev–Trinajstić information content (AvgIpc) is 2.09. The van der Waals surface area contributed by atoms with E-state index in [-0.39, 0.29) is 11.1 Å². The van der Waals surface area contributed by atoms with Crippen LogP contribution in [0, 0.1) is 20.8 Å². The summed E-state index contributed by atoms with van der Waals surface area (Å²) in [7, 11) is 1.45. The zero-order valence-electron chi connectivity index (χ0n) is 9.12. The number of rotatable bonds is 1. The predicted molar refractivity (Wildman–Crippen MR) is 52.2 cm³/mol. The minimum Gasteiger partial charge on any atom is -0.496 e. The molecule has 0 spiro atoms. The van der Waals surface area contributed by atoms with Crippen molar-refractivity contribution in [1.82, 2.24) is 0 Å². The Kier molecular flexibility index (Phi) is 2.98. The number of hydrogen-bond acceptors (Lipinski definition) is 1. The SMILES string of the molecule is COc1cc(C)c(C(F)(F)F)c(C)c1C. The van der Waals surface area contributed by atoms with Crippen molar-refractivity contribution in [1.29, 1.82) is 0 Å². The molecule has 1 aromatic rings. The Morgan fingerprint density at radius 2 is 1.60 bits per heavy atom. The second-order valence-corrected chi connectivity index (χ2v) is 3.52. The average molecular weight is 218 g/mol. The fourth-order valence-corrected chi connectivity index (χ4v) is 1.69. The summed E-state index contributed by atoms with van der Waals surface area (Å²) in [6, 6.07) is 1.42. The molecule has 0 aliphatic carbocycles. The van der Waals surface area contributed by atoms with E-state index in [1.807, 2.05) is 0 Å². The van der Waals surface area contributed by atoms with E-state index in [1.54, 1.807) is 6.92 Å². The van der Waals surface area contributed by atoms with Gasteiger partial charge in [0.15, 0.2) is 0 Å². The standard InChI is InChI=1S/C11H13F3O/c1-6-5-9(15-4)7(2)8(3)10(6)11(12,13)14/h5H,1-4H3. The monoisotopic (exact) mass is 218 g/mol. The van der Waals surface area contributed by atoms with Crippen LogP contribution in [-0.2, 0) is 6.18 Å². The third kappa shape index (κ3) is 2.08. The Balaban J connectivity index is 3.50. The fourth-order valence-electron chi connectivity index (χ4n) is 1.69. The van der Waals surface area contributed by atoms with Crippen LogP contribution in [0.15, 0.2) is 6.07 Å². The highest BCUT2D eigenvalue weighted by Crippen LogP contribution is 2.38. The molecule has 0 unspecified atom stereocenters. The van der Waals surface area contributed by atoms with E-state index in [2.05, 4.69) is 0 Å². The number of ether oxygens (including phenoxy) is 1. The first-order valence-corrected chi connectivity index (χ1v) is 4.51. The van der Waals surface area contributed by atoms with Crippen LogP contribution >= 0.6 is 0 Å². The summed E-state index contributed by atoms with van der Waals surface area (Å²) >= 11 is 0. The number of halogens is 3. The maximum Gasteiger partial charge on any atom is 0.416 e. The summed E-state index contributed by atoms with van der Waals surface area (Å²) < 4.78 is 43.1. The van der Waals surface area contributed by atoms with Crippen molar-refractivity contribution in [3.05, 3.63) is 28.3 Å². The Labute approximate surface area is 86.9 Å². The number of hydrogen-bond donors (Lipinski definition) is 0. The molecule has 0 saturated heterocycles. The van der Waals surface area contributed by atoms with Gasteiger partial charge in [0.1, 0.15) is 5.75 Å². The highest BCUT2D eigenvalue weighted by atomic mass is 19.4. The zero-order valence-corrected chi connectivity index (χ0v) is 9.12. The Morgan fingerprint density at radius 1 is 1.07 bits per heavy atom. The summed E-state index contributed by atoms with van der Waals surface area (Å²) in [5.74, 6) is 0.498. The smallest absolute Gasteiger partial charge is 0.416 e. The van der Waals surface area contributed by atoms with Crippen LogP contribution in [0.4, 0.5) is 13.2 Å². The normalized spacial score (nSPS) is 11.7. The van der Waals surface area contributed by atoms with Gasteiger partial charge in [-0.05, 0) is 43.5 Å². The molecule has 1 aromatic carbocycles. The number of aryl methyl sites for hydroxylation is 1. The largest absolute Gasteiger partial charge is 0.496 e. The van der Waals surface area contributed by atoms with Crippen molar-refractivity contribution in [2.45, 2.75) is 26.9 Å². The van der Waals surface area contributed by atoms with Crippen LogP contribution in [0.1, 0.15) is 22.3 Å². The van der Waals surface area contributed by atoms with Gasteiger partial charge in [-0.1, -0.05) is 0 Å². The zero-order chi connectivity index (χ0) is 11.8. The van der Waals surface area contributed by atoms with Crippen LogP contribution in [0.5, 0.6) is 5.75 Å². The molecular formula is C11H13F3O. The maximum atomic E-state index is 12.7. The highest BCUT2D eigenvalue weighted by Gasteiger charge is 2.35. The third-order valence-electron chi connectivity index (χ3n) is 2.55. The van der Waals surface area contributed by atoms with Crippen LogP contribution < -0.4 is 4.74 Å². The molecular weight excluding hydrogens is 205 g/mol. The van der Waals surface area contributed by atoms with Crippen LogP contribution in [0.2, 0.25) is 0 Å². The molecule has 15 heavy (non-hydrogen) atoms. The molecule has 0 heterocycles. The lowest BCUT2D eigenvalue weighted by Crippen LogP contribution is -2.11.